The summed E-state index contributed by atoms with van der Waals surface area (Å²) in [5.74, 6) is -0.976. The molecule has 0 radical (unpaired) electrons. The largest absolute Gasteiger partial charge is 0.508 e. The molecule has 0 atom stereocenters. The number of para-hydroxylation sites is 1. The van der Waals surface area contributed by atoms with Crippen LogP contribution in [-0.2, 0) is 6.54 Å². The minimum Gasteiger partial charge on any atom is -0.508 e. The van der Waals surface area contributed by atoms with Gasteiger partial charge in [-0.05, 0) is 42.8 Å². The maximum atomic E-state index is 12.1. The summed E-state index contributed by atoms with van der Waals surface area (Å²) in [6.07, 6.45) is 1.56. The van der Waals surface area contributed by atoms with E-state index in [-0.39, 0.29) is 17.1 Å². The highest BCUT2D eigenvalue weighted by Gasteiger charge is 2.11. The van der Waals surface area contributed by atoms with Gasteiger partial charge < -0.3 is 14.8 Å². The zero-order valence-electron chi connectivity index (χ0n) is 15.3. The summed E-state index contributed by atoms with van der Waals surface area (Å²) in [5.41, 5.74) is 5.62. The maximum absolute atomic E-state index is 12.1. The zero-order valence-corrected chi connectivity index (χ0v) is 15.3. The van der Waals surface area contributed by atoms with Gasteiger partial charge in [0.15, 0.2) is 0 Å². The zero-order chi connectivity index (χ0) is 19.7. The molecular formula is C22H19N3O3. The van der Waals surface area contributed by atoms with Gasteiger partial charge in [-0.2, -0.15) is 5.10 Å². The van der Waals surface area contributed by atoms with Crippen LogP contribution in [0.1, 0.15) is 22.8 Å². The standard InChI is InChI=1S/C22H19N3O3/c1-2-25-19-6-4-3-5-16(19)18-11-14(7-10-20(18)25)13-23-24-22(28)17-9-8-15(26)12-21(17)27/h3-13,26-27H,2H2,1H3,(H,24,28)/b23-13+. The van der Waals surface area contributed by atoms with E-state index in [2.05, 4.69) is 34.2 Å². The molecule has 4 aromatic rings. The Kier molecular flexibility index (Phi) is 4.45. The van der Waals surface area contributed by atoms with Gasteiger partial charge in [-0.3, -0.25) is 4.79 Å². The van der Waals surface area contributed by atoms with Crippen LogP contribution in [0.2, 0.25) is 0 Å². The molecule has 0 saturated heterocycles. The minimum absolute atomic E-state index is 0.0384. The van der Waals surface area contributed by atoms with Gasteiger partial charge in [0.2, 0.25) is 0 Å². The molecule has 0 aliphatic carbocycles. The summed E-state index contributed by atoms with van der Waals surface area (Å²) < 4.78 is 2.26. The number of aryl methyl sites for hydroxylation is 1. The van der Waals surface area contributed by atoms with Crippen LogP contribution >= 0.6 is 0 Å². The predicted octanol–water partition coefficient (Wildman–Crippen LogP) is 3.99. The first-order chi connectivity index (χ1) is 13.6. The highest BCUT2D eigenvalue weighted by molar-refractivity contribution is 6.09. The van der Waals surface area contributed by atoms with E-state index in [0.717, 1.165) is 29.1 Å². The van der Waals surface area contributed by atoms with E-state index >= 15 is 0 Å². The first kappa shape index (κ1) is 17.6. The number of fused-ring (bicyclic) bond motifs is 3. The van der Waals surface area contributed by atoms with Crippen molar-refractivity contribution in [3.05, 3.63) is 71.8 Å². The van der Waals surface area contributed by atoms with E-state index in [1.807, 2.05) is 30.3 Å². The first-order valence-electron chi connectivity index (χ1n) is 8.95. The Labute approximate surface area is 161 Å². The number of amides is 1. The third kappa shape index (κ3) is 3.05. The molecule has 0 saturated carbocycles. The van der Waals surface area contributed by atoms with Crippen LogP contribution in [0.3, 0.4) is 0 Å². The average molecular weight is 373 g/mol. The molecule has 0 spiro atoms. The quantitative estimate of drug-likeness (QED) is 0.373. The monoisotopic (exact) mass is 373 g/mol. The highest BCUT2D eigenvalue weighted by atomic mass is 16.3. The molecule has 3 aromatic carbocycles. The Morgan fingerprint density at radius 1 is 1.04 bits per heavy atom. The first-order valence-corrected chi connectivity index (χ1v) is 8.95. The summed E-state index contributed by atoms with van der Waals surface area (Å²) in [6.45, 7) is 3.00. The Morgan fingerprint density at radius 2 is 1.82 bits per heavy atom. The summed E-state index contributed by atoms with van der Waals surface area (Å²) >= 11 is 0. The van der Waals surface area contributed by atoms with Crippen LogP contribution in [-0.4, -0.2) is 26.9 Å². The Balaban J connectivity index is 1.61. The number of hydrogen-bond acceptors (Lipinski definition) is 4. The number of hydrazone groups is 1. The lowest BCUT2D eigenvalue weighted by atomic mass is 10.1. The molecule has 3 N–H and O–H groups in total. The Morgan fingerprint density at radius 3 is 2.61 bits per heavy atom. The number of hydrogen-bond donors (Lipinski definition) is 3. The molecule has 0 fully saturated rings. The molecule has 1 amide bonds. The molecule has 140 valence electrons. The van der Waals surface area contributed by atoms with E-state index < -0.39 is 5.91 Å². The number of carbonyl (C=O) groups is 1. The molecule has 0 aliphatic rings. The number of aromatic hydroxyl groups is 2. The molecule has 6 nitrogen and oxygen atoms in total. The van der Waals surface area contributed by atoms with Crippen molar-refractivity contribution in [1.29, 1.82) is 0 Å². The molecule has 1 heterocycles. The number of carbonyl (C=O) groups excluding carboxylic acids is 1. The lowest BCUT2D eigenvalue weighted by molar-refractivity contribution is 0.0952. The normalized spacial score (nSPS) is 11.5. The SMILES string of the molecule is CCn1c2ccccc2c2cc(/C=N/NC(=O)c3ccc(O)cc3O)ccc21. The predicted molar refractivity (Wildman–Crippen MR) is 110 cm³/mol. The van der Waals surface area contributed by atoms with Crippen LogP contribution in [0.4, 0.5) is 0 Å². The smallest absolute Gasteiger partial charge is 0.275 e. The Bertz CT molecular complexity index is 1220. The van der Waals surface area contributed by atoms with Crippen molar-refractivity contribution in [2.24, 2.45) is 5.10 Å². The topological polar surface area (TPSA) is 86.9 Å². The van der Waals surface area contributed by atoms with Gasteiger partial charge in [0.1, 0.15) is 11.5 Å². The number of aromatic nitrogens is 1. The fourth-order valence-corrected chi connectivity index (χ4v) is 3.43. The molecule has 28 heavy (non-hydrogen) atoms. The minimum atomic E-state index is -0.558. The number of benzene rings is 3. The maximum Gasteiger partial charge on any atom is 0.275 e. The molecule has 0 unspecified atom stereocenters. The molecule has 6 heteroatoms. The van der Waals surface area contributed by atoms with Crippen molar-refractivity contribution < 1.29 is 15.0 Å². The lowest BCUT2D eigenvalue weighted by Gasteiger charge is -2.04. The number of nitrogens with zero attached hydrogens (tertiary/aromatic N) is 2. The fourth-order valence-electron chi connectivity index (χ4n) is 3.43. The molecule has 1 aromatic heterocycles. The van der Waals surface area contributed by atoms with Gasteiger partial charge in [-0.1, -0.05) is 24.3 Å². The number of phenolic OH excluding ortho intramolecular Hbond substituents is 2. The lowest BCUT2D eigenvalue weighted by Crippen LogP contribution is -2.17. The molecule has 0 bridgehead atoms. The summed E-state index contributed by atoms with van der Waals surface area (Å²) in [4.78, 5) is 12.1. The highest BCUT2D eigenvalue weighted by Crippen LogP contribution is 2.29. The third-order valence-electron chi connectivity index (χ3n) is 4.72. The second-order valence-corrected chi connectivity index (χ2v) is 6.44. The van der Waals surface area contributed by atoms with E-state index in [0.29, 0.717) is 0 Å². The van der Waals surface area contributed by atoms with Gasteiger partial charge in [0.25, 0.3) is 5.91 Å². The van der Waals surface area contributed by atoms with Crippen LogP contribution < -0.4 is 5.43 Å². The van der Waals surface area contributed by atoms with Gasteiger partial charge in [-0.25, -0.2) is 5.43 Å². The van der Waals surface area contributed by atoms with Crippen LogP contribution in [0, 0.1) is 0 Å². The number of rotatable bonds is 4. The molecule has 0 aliphatic heterocycles. The number of phenols is 2. The van der Waals surface area contributed by atoms with Crippen LogP contribution in [0.25, 0.3) is 21.8 Å². The van der Waals surface area contributed by atoms with Crippen molar-refractivity contribution in [1.82, 2.24) is 9.99 Å². The van der Waals surface area contributed by atoms with Crippen LogP contribution in [0.5, 0.6) is 11.5 Å². The van der Waals surface area contributed by atoms with E-state index in [1.165, 1.54) is 23.0 Å². The van der Waals surface area contributed by atoms with Crippen molar-refractivity contribution in [2.75, 3.05) is 0 Å². The van der Waals surface area contributed by atoms with Gasteiger partial charge in [0, 0.05) is 34.4 Å². The average Bonchev–Trinajstić information content (AvgIpc) is 3.01. The Hall–Kier alpha value is -3.80. The molecule has 4 rings (SSSR count). The molecular weight excluding hydrogens is 354 g/mol. The second-order valence-electron chi connectivity index (χ2n) is 6.44. The van der Waals surface area contributed by atoms with Gasteiger partial charge in [-0.15, -0.1) is 0 Å². The number of nitrogens with one attached hydrogen (secondary N) is 1. The summed E-state index contributed by atoms with van der Waals surface area (Å²) in [7, 11) is 0. The van der Waals surface area contributed by atoms with Crippen molar-refractivity contribution in [3.8, 4) is 11.5 Å². The summed E-state index contributed by atoms with van der Waals surface area (Å²) in [5, 5.41) is 25.3. The van der Waals surface area contributed by atoms with Crippen molar-refractivity contribution in [2.45, 2.75) is 13.5 Å². The fraction of sp³-hybridized carbons (Fsp3) is 0.0909. The van der Waals surface area contributed by atoms with E-state index in [1.54, 1.807) is 6.21 Å². The summed E-state index contributed by atoms with van der Waals surface area (Å²) in [6, 6.07) is 18.1. The van der Waals surface area contributed by atoms with E-state index in [9.17, 15) is 15.0 Å². The van der Waals surface area contributed by atoms with Gasteiger partial charge in [0.05, 0.1) is 11.8 Å². The van der Waals surface area contributed by atoms with Gasteiger partial charge >= 0.3 is 0 Å². The second kappa shape index (κ2) is 7.08. The van der Waals surface area contributed by atoms with Crippen molar-refractivity contribution >= 4 is 33.9 Å². The van der Waals surface area contributed by atoms with E-state index in [4.69, 9.17) is 0 Å². The van der Waals surface area contributed by atoms with Crippen molar-refractivity contribution in [3.63, 3.8) is 0 Å². The van der Waals surface area contributed by atoms with Crippen LogP contribution in [0.15, 0.2) is 65.8 Å². The third-order valence-corrected chi connectivity index (χ3v) is 4.72.